The highest BCUT2D eigenvalue weighted by atomic mass is 79.9. The van der Waals surface area contributed by atoms with Crippen LogP contribution in [0, 0.1) is 6.92 Å². The average molecular weight is 604 g/mol. The fourth-order valence-corrected chi connectivity index (χ4v) is 5.61. The Morgan fingerprint density at radius 3 is 2.26 bits per heavy atom. The van der Waals surface area contributed by atoms with Crippen molar-refractivity contribution >= 4 is 54.2 Å². The van der Waals surface area contributed by atoms with Gasteiger partial charge in [-0.25, -0.2) is 18.2 Å². The van der Waals surface area contributed by atoms with Gasteiger partial charge in [-0.2, -0.15) is 5.10 Å². The van der Waals surface area contributed by atoms with Gasteiger partial charge in [0.15, 0.2) is 0 Å². The van der Waals surface area contributed by atoms with Crippen molar-refractivity contribution in [2.75, 3.05) is 5.32 Å². The summed E-state index contributed by atoms with van der Waals surface area (Å²) < 4.78 is 26.0. The highest BCUT2D eigenvalue weighted by molar-refractivity contribution is 9.10. The van der Waals surface area contributed by atoms with Gasteiger partial charge in [0.2, 0.25) is 10.0 Å². The second-order valence-electron chi connectivity index (χ2n) is 8.85. The number of nitrogens with one attached hydrogen (secondary N) is 1. The number of rotatable bonds is 6. The van der Waals surface area contributed by atoms with Gasteiger partial charge >= 0.3 is 0 Å². The van der Waals surface area contributed by atoms with Crippen molar-refractivity contribution < 1.29 is 18.0 Å². The molecule has 0 aliphatic heterocycles. The van der Waals surface area contributed by atoms with Crippen LogP contribution in [0.3, 0.4) is 0 Å². The number of benzene rings is 4. The zero-order valence-corrected chi connectivity index (χ0v) is 23.0. The molecule has 1 aromatic heterocycles. The normalized spacial score (nSPS) is 11.5. The lowest BCUT2D eigenvalue weighted by Crippen LogP contribution is -2.20. The van der Waals surface area contributed by atoms with Crippen LogP contribution in [0.25, 0.3) is 27.6 Å². The van der Waals surface area contributed by atoms with Gasteiger partial charge < -0.3 is 11.1 Å². The maximum absolute atomic E-state index is 13.5. The van der Waals surface area contributed by atoms with E-state index in [0.717, 1.165) is 10.8 Å². The Morgan fingerprint density at radius 2 is 1.59 bits per heavy atom. The third kappa shape index (κ3) is 5.19. The highest BCUT2D eigenvalue weighted by Gasteiger charge is 2.21. The SMILES string of the molecule is Cc1cc(C(=O)Nc2ccc(-c3ccccc3S(N)(=O)=O)cc2Br)n(-c2cc3ccccc3cc2C(N)=O)n1. The predicted molar refractivity (Wildman–Crippen MR) is 153 cm³/mol. The first-order chi connectivity index (χ1) is 18.5. The Bertz CT molecular complexity index is 1900. The van der Waals surface area contributed by atoms with Crippen LogP contribution in [-0.2, 0) is 10.0 Å². The molecule has 11 heteroatoms. The zero-order chi connectivity index (χ0) is 27.9. The van der Waals surface area contributed by atoms with E-state index in [9.17, 15) is 18.0 Å². The topological polar surface area (TPSA) is 150 Å². The number of anilines is 1. The summed E-state index contributed by atoms with van der Waals surface area (Å²) in [5.41, 5.74) is 8.52. The molecule has 0 aliphatic carbocycles. The number of fused-ring (bicyclic) bond motifs is 1. The summed E-state index contributed by atoms with van der Waals surface area (Å²) in [5, 5.41) is 14.4. The molecule has 39 heavy (non-hydrogen) atoms. The van der Waals surface area contributed by atoms with E-state index in [2.05, 4.69) is 26.3 Å². The smallest absolute Gasteiger partial charge is 0.274 e. The largest absolute Gasteiger partial charge is 0.366 e. The van der Waals surface area contributed by atoms with Crippen LogP contribution in [-0.4, -0.2) is 30.0 Å². The van der Waals surface area contributed by atoms with Crippen molar-refractivity contribution in [3.8, 4) is 16.8 Å². The number of amides is 2. The van der Waals surface area contributed by atoms with Gasteiger partial charge in [-0.3, -0.25) is 9.59 Å². The second-order valence-corrected chi connectivity index (χ2v) is 11.2. The molecular formula is C28H22BrN5O4S. The number of halogens is 1. The number of aromatic nitrogens is 2. The van der Waals surface area contributed by atoms with Gasteiger partial charge in [0.25, 0.3) is 11.8 Å². The third-order valence-electron chi connectivity index (χ3n) is 6.14. The van der Waals surface area contributed by atoms with Gasteiger partial charge in [-0.05, 0) is 75.6 Å². The van der Waals surface area contributed by atoms with Gasteiger partial charge in [0, 0.05) is 10.0 Å². The van der Waals surface area contributed by atoms with Crippen molar-refractivity contribution in [3.63, 3.8) is 0 Å². The van der Waals surface area contributed by atoms with Crippen LogP contribution in [0.5, 0.6) is 0 Å². The van der Waals surface area contributed by atoms with E-state index < -0.39 is 21.8 Å². The molecule has 5 rings (SSSR count). The van der Waals surface area contributed by atoms with E-state index in [-0.39, 0.29) is 16.2 Å². The average Bonchev–Trinajstić information content (AvgIpc) is 3.30. The summed E-state index contributed by atoms with van der Waals surface area (Å²) in [6, 6.07) is 24.0. The lowest BCUT2D eigenvalue weighted by atomic mass is 10.0. The lowest BCUT2D eigenvalue weighted by molar-refractivity contribution is 0.0993. The fraction of sp³-hybridized carbons (Fsp3) is 0.0357. The third-order valence-corrected chi connectivity index (χ3v) is 7.77. The van der Waals surface area contributed by atoms with Gasteiger partial charge in [-0.15, -0.1) is 0 Å². The number of nitrogens with two attached hydrogens (primary N) is 2. The molecule has 2 amide bonds. The van der Waals surface area contributed by atoms with Gasteiger partial charge in [0.05, 0.1) is 27.5 Å². The zero-order valence-electron chi connectivity index (χ0n) is 20.6. The van der Waals surface area contributed by atoms with Crippen molar-refractivity contribution in [3.05, 3.63) is 106 Å². The molecule has 0 atom stereocenters. The Morgan fingerprint density at radius 1 is 0.923 bits per heavy atom. The quantitative estimate of drug-likeness (QED) is 0.255. The molecule has 5 aromatic rings. The van der Waals surface area contributed by atoms with Crippen molar-refractivity contribution in [2.24, 2.45) is 10.9 Å². The van der Waals surface area contributed by atoms with Gasteiger partial charge in [-0.1, -0.05) is 48.5 Å². The first kappa shape index (κ1) is 26.3. The number of aryl methyl sites for hydroxylation is 1. The molecule has 0 bridgehead atoms. The molecule has 0 unspecified atom stereocenters. The minimum absolute atomic E-state index is 0.00583. The minimum atomic E-state index is -3.94. The van der Waals surface area contributed by atoms with E-state index in [0.29, 0.717) is 32.7 Å². The Kier molecular flexibility index (Phi) is 6.81. The van der Waals surface area contributed by atoms with Crippen LogP contribution < -0.4 is 16.2 Å². The number of primary amides is 1. The number of carbonyl (C=O) groups is 2. The molecule has 1 heterocycles. The van der Waals surface area contributed by atoms with E-state index in [1.54, 1.807) is 61.5 Å². The molecule has 0 aliphatic rings. The number of sulfonamides is 1. The van der Waals surface area contributed by atoms with Gasteiger partial charge in [0.1, 0.15) is 5.69 Å². The Labute approximate surface area is 232 Å². The van der Waals surface area contributed by atoms with Crippen LogP contribution in [0.1, 0.15) is 26.5 Å². The predicted octanol–water partition coefficient (Wildman–Crippen LogP) is 4.76. The summed E-state index contributed by atoms with van der Waals surface area (Å²) in [7, 11) is -3.94. The van der Waals surface area contributed by atoms with Crippen molar-refractivity contribution in [1.29, 1.82) is 0 Å². The summed E-state index contributed by atoms with van der Waals surface area (Å²) in [6.07, 6.45) is 0. The Hall–Kier alpha value is -4.32. The second kappa shape index (κ2) is 10.1. The summed E-state index contributed by atoms with van der Waals surface area (Å²) >= 11 is 3.47. The standard InChI is InChI=1S/C28H22BrN5O4S/c1-16-12-25(34(33-16)24-15-18-7-3-2-6-17(18)13-21(24)27(30)35)28(36)32-23-11-10-19(14-22(23)29)20-8-4-5-9-26(20)39(31,37)38/h2-15H,1H3,(H2,30,35)(H,32,36)(H2,31,37,38). The van der Waals surface area contributed by atoms with Crippen LogP contribution in [0.2, 0.25) is 0 Å². The molecule has 0 spiro atoms. The molecular weight excluding hydrogens is 582 g/mol. The first-order valence-corrected chi connectivity index (χ1v) is 14.0. The minimum Gasteiger partial charge on any atom is -0.366 e. The number of nitrogens with zero attached hydrogens (tertiary/aromatic N) is 2. The maximum atomic E-state index is 13.5. The molecule has 0 saturated heterocycles. The fourth-order valence-electron chi connectivity index (χ4n) is 4.37. The monoisotopic (exact) mass is 603 g/mol. The van der Waals surface area contributed by atoms with Crippen molar-refractivity contribution in [2.45, 2.75) is 11.8 Å². The Balaban J connectivity index is 1.52. The number of carbonyl (C=O) groups excluding carboxylic acids is 2. The molecule has 4 aromatic carbocycles. The van der Waals surface area contributed by atoms with E-state index in [4.69, 9.17) is 10.9 Å². The van der Waals surface area contributed by atoms with Crippen LogP contribution in [0.15, 0.2) is 94.3 Å². The highest BCUT2D eigenvalue weighted by Crippen LogP contribution is 2.33. The van der Waals surface area contributed by atoms with E-state index in [1.165, 1.54) is 10.7 Å². The number of hydrogen-bond acceptors (Lipinski definition) is 5. The molecule has 9 nitrogen and oxygen atoms in total. The summed E-state index contributed by atoms with van der Waals surface area (Å²) in [5.74, 6) is -1.12. The van der Waals surface area contributed by atoms with E-state index in [1.807, 2.05) is 24.3 Å². The molecule has 0 fully saturated rings. The molecule has 0 radical (unpaired) electrons. The van der Waals surface area contributed by atoms with E-state index >= 15 is 0 Å². The summed E-state index contributed by atoms with van der Waals surface area (Å²) in [6.45, 7) is 1.74. The van der Waals surface area contributed by atoms with Crippen LogP contribution >= 0.6 is 15.9 Å². The molecule has 0 saturated carbocycles. The van der Waals surface area contributed by atoms with Crippen molar-refractivity contribution in [1.82, 2.24) is 9.78 Å². The number of primary sulfonamides is 1. The first-order valence-electron chi connectivity index (χ1n) is 11.7. The van der Waals surface area contributed by atoms with Crippen LogP contribution in [0.4, 0.5) is 5.69 Å². The maximum Gasteiger partial charge on any atom is 0.274 e. The lowest BCUT2D eigenvalue weighted by Gasteiger charge is -2.14. The summed E-state index contributed by atoms with van der Waals surface area (Å²) in [4.78, 5) is 25.8. The number of hydrogen-bond donors (Lipinski definition) is 3. The molecule has 5 N–H and O–H groups in total. The molecule has 196 valence electrons.